The molecule has 26 heavy (non-hydrogen) atoms. The van der Waals surface area contributed by atoms with Crippen LogP contribution in [0.5, 0.6) is 5.75 Å². The first-order valence-corrected chi connectivity index (χ1v) is 8.83. The highest BCUT2D eigenvalue weighted by atomic mass is 16.5. The number of ether oxygens (including phenoxy) is 1. The summed E-state index contributed by atoms with van der Waals surface area (Å²) in [4.78, 5) is 28.4. The Bertz CT molecular complexity index is 675. The van der Waals surface area contributed by atoms with E-state index in [1.54, 1.807) is 23.0 Å². The zero-order valence-corrected chi connectivity index (χ0v) is 15.3. The van der Waals surface area contributed by atoms with Crippen LogP contribution in [0.1, 0.15) is 18.4 Å². The fourth-order valence-corrected chi connectivity index (χ4v) is 3.15. The molecule has 138 valence electrons. The average molecular weight is 354 g/mol. The summed E-state index contributed by atoms with van der Waals surface area (Å²) in [6.45, 7) is 5.42. The van der Waals surface area contributed by atoms with Crippen LogP contribution in [0.3, 0.4) is 0 Å². The predicted octanol–water partition coefficient (Wildman–Crippen LogP) is 2.12. The van der Waals surface area contributed by atoms with Gasteiger partial charge >= 0.3 is 0 Å². The zero-order chi connectivity index (χ0) is 18.9. The van der Waals surface area contributed by atoms with Gasteiger partial charge in [0.1, 0.15) is 5.75 Å². The molecule has 1 atom stereocenters. The third-order valence-corrected chi connectivity index (χ3v) is 4.62. The number of terminal acetylenes is 1. The third kappa shape index (κ3) is 5.13. The fourth-order valence-electron chi connectivity index (χ4n) is 3.15. The fraction of sp³-hybridized carbons (Fsp3) is 0.429. The van der Waals surface area contributed by atoms with E-state index in [4.69, 9.17) is 11.2 Å². The molecule has 1 aromatic carbocycles. The molecule has 2 amide bonds. The van der Waals surface area contributed by atoms with Crippen molar-refractivity contribution >= 4 is 11.8 Å². The molecular weight excluding hydrogens is 328 g/mol. The van der Waals surface area contributed by atoms with Gasteiger partial charge in [-0.25, -0.2) is 0 Å². The quantitative estimate of drug-likeness (QED) is 0.531. The van der Waals surface area contributed by atoms with E-state index in [0.717, 1.165) is 17.7 Å². The maximum Gasteiger partial charge on any atom is 0.228 e. The molecule has 1 heterocycles. The molecule has 0 saturated carbocycles. The van der Waals surface area contributed by atoms with Gasteiger partial charge in [0.05, 0.1) is 19.6 Å². The van der Waals surface area contributed by atoms with Gasteiger partial charge in [-0.1, -0.05) is 24.1 Å². The number of piperidine rings is 1. The number of hydrogen-bond acceptors (Lipinski definition) is 3. The molecule has 0 aromatic heterocycles. The molecule has 1 aromatic rings. The lowest BCUT2D eigenvalue weighted by Gasteiger charge is -2.34. The second kappa shape index (κ2) is 9.67. The zero-order valence-electron chi connectivity index (χ0n) is 15.3. The van der Waals surface area contributed by atoms with E-state index < -0.39 is 0 Å². The Kier molecular flexibility index (Phi) is 7.28. The van der Waals surface area contributed by atoms with Crippen LogP contribution in [0.4, 0.5) is 0 Å². The molecule has 1 aliphatic rings. The average Bonchev–Trinajstić information content (AvgIpc) is 2.67. The summed E-state index contributed by atoms with van der Waals surface area (Å²) in [5.74, 6) is 3.24. The summed E-state index contributed by atoms with van der Waals surface area (Å²) in [7, 11) is 1.63. The summed E-state index contributed by atoms with van der Waals surface area (Å²) in [6.07, 6.45) is 8.75. The number of rotatable bonds is 8. The molecule has 0 aliphatic carbocycles. The topological polar surface area (TPSA) is 49.9 Å². The van der Waals surface area contributed by atoms with Gasteiger partial charge in [-0.3, -0.25) is 9.59 Å². The molecule has 1 fully saturated rings. The Morgan fingerprint density at radius 2 is 2.19 bits per heavy atom. The molecule has 5 nitrogen and oxygen atoms in total. The van der Waals surface area contributed by atoms with Crippen molar-refractivity contribution in [2.24, 2.45) is 5.92 Å². The Balaban J connectivity index is 1.95. The van der Waals surface area contributed by atoms with Gasteiger partial charge in [-0.15, -0.1) is 13.0 Å². The van der Waals surface area contributed by atoms with Crippen LogP contribution in [0.25, 0.3) is 0 Å². The van der Waals surface area contributed by atoms with Crippen molar-refractivity contribution in [2.75, 3.05) is 33.3 Å². The number of likely N-dealkylation sites (tertiary alicyclic amines) is 1. The van der Waals surface area contributed by atoms with Crippen molar-refractivity contribution in [1.29, 1.82) is 0 Å². The van der Waals surface area contributed by atoms with Crippen LogP contribution in [0.15, 0.2) is 36.9 Å². The van der Waals surface area contributed by atoms with Gasteiger partial charge in [-0.2, -0.15) is 0 Å². The van der Waals surface area contributed by atoms with Gasteiger partial charge < -0.3 is 14.5 Å². The Morgan fingerprint density at radius 3 is 2.81 bits per heavy atom. The minimum atomic E-state index is -0.197. The number of benzene rings is 1. The van der Waals surface area contributed by atoms with Crippen molar-refractivity contribution in [3.8, 4) is 18.1 Å². The smallest absolute Gasteiger partial charge is 0.228 e. The van der Waals surface area contributed by atoms with Crippen molar-refractivity contribution < 1.29 is 14.3 Å². The highest BCUT2D eigenvalue weighted by molar-refractivity contribution is 5.84. The first-order valence-electron chi connectivity index (χ1n) is 8.83. The summed E-state index contributed by atoms with van der Waals surface area (Å²) in [5.41, 5.74) is 1.13. The molecule has 0 bridgehead atoms. The molecule has 0 unspecified atom stereocenters. The minimum absolute atomic E-state index is 0.00444. The molecule has 5 heteroatoms. The van der Waals surface area contributed by atoms with Crippen LogP contribution in [0, 0.1) is 18.3 Å². The molecule has 2 rings (SSSR count). The standard InChI is InChI=1S/C21H26N2O3/c1-4-13-22(14-5-2)21(25)18-8-11-20(24)23(16-18)15-12-17-6-9-19(26-3)10-7-17/h1,5-7,9-10,18H,2,8,11-16H2,3H3/t18-/m0/s1. The minimum Gasteiger partial charge on any atom is -0.497 e. The number of carbonyl (C=O) groups is 2. The lowest BCUT2D eigenvalue weighted by Crippen LogP contribution is -2.47. The Hall–Kier alpha value is -2.74. The van der Waals surface area contributed by atoms with Crippen LogP contribution in [-0.2, 0) is 16.0 Å². The monoisotopic (exact) mass is 354 g/mol. The van der Waals surface area contributed by atoms with Crippen molar-refractivity contribution in [1.82, 2.24) is 9.80 Å². The lowest BCUT2D eigenvalue weighted by molar-refractivity contribution is -0.142. The largest absolute Gasteiger partial charge is 0.497 e. The highest BCUT2D eigenvalue weighted by Crippen LogP contribution is 2.21. The van der Waals surface area contributed by atoms with Gasteiger partial charge in [0.15, 0.2) is 0 Å². The number of hydrogen-bond donors (Lipinski definition) is 0. The van der Waals surface area contributed by atoms with Crippen molar-refractivity contribution in [3.05, 3.63) is 42.5 Å². The Morgan fingerprint density at radius 1 is 1.46 bits per heavy atom. The van der Waals surface area contributed by atoms with E-state index in [1.165, 1.54) is 0 Å². The van der Waals surface area contributed by atoms with E-state index in [1.807, 2.05) is 24.3 Å². The number of methoxy groups -OCH3 is 1. The van der Waals surface area contributed by atoms with Gasteiger partial charge in [0.2, 0.25) is 11.8 Å². The lowest BCUT2D eigenvalue weighted by atomic mass is 9.95. The second-order valence-electron chi connectivity index (χ2n) is 6.38. The van der Waals surface area contributed by atoms with E-state index in [-0.39, 0.29) is 24.3 Å². The number of amides is 2. The van der Waals surface area contributed by atoms with Crippen molar-refractivity contribution in [2.45, 2.75) is 19.3 Å². The molecular formula is C21H26N2O3. The maximum atomic E-state index is 12.7. The SMILES string of the molecule is C#CCN(CC=C)C(=O)[C@H]1CCC(=O)N(CCc2ccc(OC)cc2)C1. The predicted molar refractivity (Wildman–Crippen MR) is 102 cm³/mol. The number of nitrogens with zero attached hydrogens (tertiary/aromatic N) is 2. The van der Waals surface area contributed by atoms with E-state index >= 15 is 0 Å². The third-order valence-electron chi connectivity index (χ3n) is 4.62. The van der Waals surface area contributed by atoms with E-state index in [2.05, 4.69) is 12.5 Å². The van der Waals surface area contributed by atoms with E-state index in [9.17, 15) is 9.59 Å². The maximum absolute atomic E-state index is 12.7. The van der Waals surface area contributed by atoms with Crippen LogP contribution >= 0.6 is 0 Å². The van der Waals surface area contributed by atoms with Crippen LogP contribution < -0.4 is 4.74 Å². The molecule has 0 N–H and O–H groups in total. The first-order chi connectivity index (χ1) is 12.6. The highest BCUT2D eigenvalue weighted by Gasteiger charge is 2.32. The van der Waals surface area contributed by atoms with Crippen molar-refractivity contribution in [3.63, 3.8) is 0 Å². The summed E-state index contributed by atoms with van der Waals surface area (Å²) in [6, 6.07) is 7.81. The van der Waals surface area contributed by atoms with Gasteiger partial charge in [-0.05, 0) is 30.5 Å². The molecule has 0 spiro atoms. The first kappa shape index (κ1) is 19.6. The summed E-state index contributed by atoms with van der Waals surface area (Å²) in [5, 5.41) is 0. The molecule has 1 aliphatic heterocycles. The Labute approximate surface area is 155 Å². The van der Waals surface area contributed by atoms with E-state index in [0.29, 0.717) is 32.5 Å². The molecule has 0 radical (unpaired) electrons. The normalized spacial score (nSPS) is 16.7. The second-order valence-corrected chi connectivity index (χ2v) is 6.38. The van der Waals surface area contributed by atoms with Gasteiger partial charge in [0, 0.05) is 26.1 Å². The number of carbonyl (C=O) groups excluding carboxylic acids is 2. The summed E-state index contributed by atoms with van der Waals surface area (Å²) < 4.78 is 5.16. The summed E-state index contributed by atoms with van der Waals surface area (Å²) >= 11 is 0. The van der Waals surface area contributed by atoms with Crippen LogP contribution in [-0.4, -0.2) is 54.9 Å². The molecule has 1 saturated heterocycles. The van der Waals surface area contributed by atoms with Crippen LogP contribution in [0.2, 0.25) is 0 Å². The van der Waals surface area contributed by atoms with Gasteiger partial charge in [0.25, 0.3) is 0 Å².